The average Bonchev–Trinajstić information content (AvgIpc) is 1.88. The first kappa shape index (κ1) is 9.34. The molecule has 0 aromatic carbocycles. The SMILES string of the molecule is CCCC/C=C(\O)N(C)C. The molecule has 1 N–H and O–H groups in total. The third kappa shape index (κ3) is 4.24. The van der Waals surface area contributed by atoms with Crippen molar-refractivity contribution in [3.05, 3.63) is 12.0 Å². The molecule has 0 spiro atoms. The van der Waals surface area contributed by atoms with Crippen LogP contribution in [0.4, 0.5) is 0 Å². The number of nitrogens with zero attached hydrogens (tertiary/aromatic N) is 1. The van der Waals surface area contributed by atoms with Crippen molar-refractivity contribution < 1.29 is 5.11 Å². The lowest BCUT2D eigenvalue weighted by atomic mass is 10.2. The van der Waals surface area contributed by atoms with Gasteiger partial charge < -0.3 is 10.0 Å². The molecule has 0 aliphatic rings. The molecule has 0 aliphatic heterocycles. The van der Waals surface area contributed by atoms with E-state index in [1.165, 1.54) is 6.42 Å². The molecule has 0 aromatic heterocycles. The Kier molecular flexibility index (Phi) is 4.81. The third-order valence-corrected chi connectivity index (χ3v) is 1.34. The minimum atomic E-state index is 0.369. The number of rotatable bonds is 4. The normalized spacial score (nSPS) is 11.7. The maximum atomic E-state index is 9.14. The van der Waals surface area contributed by atoms with Crippen LogP contribution in [0, 0.1) is 0 Å². The number of aliphatic hydroxyl groups is 1. The second-order valence-corrected chi connectivity index (χ2v) is 2.60. The van der Waals surface area contributed by atoms with E-state index < -0.39 is 0 Å². The molecular weight excluding hydrogens is 126 g/mol. The molecular formula is C8H17NO. The zero-order chi connectivity index (χ0) is 7.98. The highest BCUT2D eigenvalue weighted by Gasteiger charge is 1.91. The predicted octanol–water partition coefficient (Wildman–Crippen LogP) is 2.14. The zero-order valence-corrected chi connectivity index (χ0v) is 7.09. The number of unbranched alkanes of at least 4 members (excludes halogenated alkanes) is 2. The minimum absolute atomic E-state index is 0.369. The van der Waals surface area contributed by atoms with Gasteiger partial charge in [0.15, 0.2) is 5.88 Å². The van der Waals surface area contributed by atoms with Gasteiger partial charge in [0, 0.05) is 14.1 Å². The van der Waals surface area contributed by atoms with E-state index in [1.54, 1.807) is 4.90 Å². The van der Waals surface area contributed by atoms with Crippen molar-refractivity contribution >= 4 is 0 Å². The van der Waals surface area contributed by atoms with Gasteiger partial charge in [-0.25, -0.2) is 0 Å². The first-order chi connectivity index (χ1) is 4.68. The van der Waals surface area contributed by atoms with Crippen LogP contribution >= 0.6 is 0 Å². The van der Waals surface area contributed by atoms with Crippen molar-refractivity contribution in [2.75, 3.05) is 14.1 Å². The zero-order valence-electron chi connectivity index (χ0n) is 7.09. The molecule has 0 bridgehead atoms. The van der Waals surface area contributed by atoms with Crippen LogP contribution in [0.2, 0.25) is 0 Å². The lowest BCUT2D eigenvalue weighted by molar-refractivity contribution is 0.261. The maximum absolute atomic E-state index is 9.14. The quantitative estimate of drug-likeness (QED) is 0.481. The maximum Gasteiger partial charge on any atom is 0.182 e. The van der Waals surface area contributed by atoms with Gasteiger partial charge in [-0.1, -0.05) is 13.3 Å². The van der Waals surface area contributed by atoms with Crippen molar-refractivity contribution in [3.63, 3.8) is 0 Å². The summed E-state index contributed by atoms with van der Waals surface area (Å²) in [5.41, 5.74) is 0. The Morgan fingerprint density at radius 2 is 2.10 bits per heavy atom. The number of aliphatic hydroxyl groups excluding tert-OH is 1. The van der Waals surface area contributed by atoms with Crippen LogP contribution in [0.1, 0.15) is 26.2 Å². The molecule has 0 unspecified atom stereocenters. The molecule has 10 heavy (non-hydrogen) atoms. The van der Waals surface area contributed by atoms with E-state index in [0.717, 1.165) is 12.8 Å². The Bertz CT molecular complexity index is 108. The van der Waals surface area contributed by atoms with Crippen LogP contribution < -0.4 is 0 Å². The van der Waals surface area contributed by atoms with E-state index in [2.05, 4.69) is 6.92 Å². The fourth-order valence-electron chi connectivity index (χ4n) is 0.618. The van der Waals surface area contributed by atoms with Crippen LogP contribution in [0.5, 0.6) is 0 Å². The molecule has 0 aromatic rings. The highest BCUT2D eigenvalue weighted by Crippen LogP contribution is 1.99. The lowest BCUT2D eigenvalue weighted by Gasteiger charge is -2.09. The molecule has 2 heteroatoms. The fraction of sp³-hybridized carbons (Fsp3) is 0.750. The Morgan fingerprint density at radius 3 is 2.50 bits per heavy atom. The molecule has 0 heterocycles. The summed E-state index contributed by atoms with van der Waals surface area (Å²) >= 11 is 0. The molecule has 0 amide bonds. The molecule has 60 valence electrons. The summed E-state index contributed by atoms with van der Waals surface area (Å²) in [6.07, 6.45) is 5.15. The summed E-state index contributed by atoms with van der Waals surface area (Å²) in [6, 6.07) is 0. The fourth-order valence-corrected chi connectivity index (χ4v) is 0.618. The van der Waals surface area contributed by atoms with Gasteiger partial charge in [-0.2, -0.15) is 0 Å². The van der Waals surface area contributed by atoms with Crippen LogP contribution in [0.3, 0.4) is 0 Å². The van der Waals surface area contributed by atoms with Gasteiger partial charge in [0.1, 0.15) is 0 Å². The molecule has 0 fully saturated rings. The smallest absolute Gasteiger partial charge is 0.182 e. The number of hydrogen-bond donors (Lipinski definition) is 1. The molecule has 0 radical (unpaired) electrons. The Hall–Kier alpha value is -0.660. The van der Waals surface area contributed by atoms with Crippen molar-refractivity contribution in [2.45, 2.75) is 26.2 Å². The van der Waals surface area contributed by atoms with Gasteiger partial charge in [0.2, 0.25) is 0 Å². The average molecular weight is 143 g/mol. The summed E-state index contributed by atoms with van der Waals surface area (Å²) in [5.74, 6) is 0.369. The topological polar surface area (TPSA) is 23.5 Å². The summed E-state index contributed by atoms with van der Waals surface area (Å²) in [5, 5.41) is 9.14. The first-order valence-corrected chi connectivity index (χ1v) is 3.75. The van der Waals surface area contributed by atoms with Crippen LogP contribution in [0.25, 0.3) is 0 Å². The van der Waals surface area contributed by atoms with E-state index in [9.17, 15) is 0 Å². The second kappa shape index (κ2) is 5.15. The van der Waals surface area contributed by atoms with Gasteiger partial charge in [0.25, 0.3) is 0 Å². The summed E-state index contributed by atoms with van der Waals surface area (Å²) < 4.78 is 0. The highest BCUT2D eigenvalue weighted by molar-refractivity contribution is 4.87. The van der Waals surface area contributed by atoms with Gasteiger partial charge in [0.05, 0.1) is 0 Å². The standard InChI is InChI=1S/C8H17NO/c1-4-5-6-7-8(10)9(2)3/h7,10H,4-6H2,1-3H3/b8-7-. The monoisotopic (exact) mass is 143 g/mol. The lowest BCUT2D eigenvalue weighted by Crippen LogP contribution is -2.09. The number of hydrogen-bond acceptors (Lipinski definition) is 2. The highest BCUT2D eigenvalue weighted by atomic mass is 16.3. The van der Waals surface area contributed by atoms with Gasteiger partial charge in [-0.15, -0.1) is 0 Å². The van der Waals surface area contributed by atoms with Gasteiger partial charge in [-0.05, 0) is 18.9 Å². The first-order valence-electron chi connectivity index (χ1n) is 3.75. The largest absolute Gasteiger partial charge is 0.495 e. The third-order valence-electron chi connectivity index (χ3n) is 1.34. The molecule has 0 aliphatic carbocycles. The second-order valence-electron chi connectivity index (χ2n) is 2.60. The van der Waals surface area contributed by atoms with Crippen LogP contribution in [0.15, 0.2) is 12.0 Å². The summed E-state index contributed by atoms with van der Waals surface area (Å²) in [7, 11) is 3.66. The number of allylic oxidation sites excluding steroid dienone is 1. The Morgan fingerprint density at radius 1 is 1.50 bits per heavy atom. The van der Waals surface area contributed by atoms with Crippen molar-refractivity contribution in [1.29, 1.82) is 0 Å². The van der Waals surface area contributed by atoms with E-state index in [4.69, 9.17) is 5.11 Å². The molecule has 2 nitrogen and oxygen atoms in total. The molecule has 0 rings (SSSR count). The minimum Gasteiger partial charge on any atom is -0.495 e. The van der Waals surface area contributed by atoms with Crippen LogP contribution in [-0.4, -0.2) is 24.1 Å². The van der Waals surface area contributed by atoms with Gasteiger partial charge in [-0.3, -0.25) is 0 Å². The van der Waals surface area contributed by atoms with Crippen molar-refractivity contribution in [3.8, 4) is 0 Å². The van der Waals surface area contributed by atoms with E-state index >= 15 is 0 Å². The summed E-state index contributed by atoms with van der Waals surface area (Å²) in [6.45, 7) is 2.14. The van der Waals surface area contributed by atoms with Crippen molar-refractivity contribution in [2.24, 2.45) is 0 Å². The molecule has 0 saturated carbocycles. The van der Waals surface area contributed by atoms with E-state index in [0.29, 0.717) is 5.88 Å². The van der Waals surface area contributed by atoms with Gasteiger partial charge >= 0.3 is 0 Å². The molecule has 0 atom stereocenters. The summed E-state index contributed by atoms with van der Waals surface area (Å²) in [4.78, 5) is 1.70. The van der Waals surface area contributed by atoms with Crippen molar-refractivity contribution in [1.82, 2.24) is 4.90 Å². The Labute approximate surface area is 63.2 Å². The van der Waals surface area contributed by atoms with E-state index in [1.807, 2.05) is 20.2 Å². The molecule has 0 saturated heterocycles. The Balaban J connectivity index is 3.48. The predicted molar refractivity (Wildman–Crippen MR) is 43.9 cm³/mol. The van der Waals surface area contributed by atoms with E-state index in [-0.39, 0.29) is 0 Å². The van der Waals surface area contributed by atoms with Crippen LogP contribution in [-0.2, 0) is 0 Å².